The Morgan fingerprint density at radius 2 is 1.79 bits per heavy atom. The number of aryl methyl sites for hydroxylation is 2. The van der Waals surface area contributed by atoms with Gasteiger partial charge in [0.15, 0.2) is 0 Å². The molecule has 0 unspecified atom stereocenters. The van der Waals surface area contributed by atoms with Gasteiger partial charge in [-0.2, -0.15) is 13.2 Å². The van der Waals surface area contributed by atoms with Crippen LogP contribution in [0.25, 0.3) is 11.1 Å². The Labute approximate surface area is 299 Å². The molecule has 8 nitrogen and oxygen atoms in total. The number of carbonyl (C=O) groups is 2. The zero-order valence-electron chi connectivity index (χ0n) is 29.7. The minimum absolute atomic E-state index is 0.00655. The number of alkyl halides is 3. The number of likely N-dealkylation sites (tertiary alicyclic amines) is 1. The predicted molar refractivity (Wildman–Crippen MR) is 185 cm³/mol. The van der Waals surface area contributed by atoms with Gasteiger partial charge < -0.3 is 19.7 Å². The van der Waals surface area contributed by atoms with E-state index in [1.165, 1.54) is 31.2 Å². The van der Waals surface area contributed by atoms with Crippen molar-refractivity contribution >= 4 is 11.9 Å². The lowest BCUT2D eigenvalue weighted by molar-refractivity contribution is -0.139. The third kappa shape index (κ3) is 8.56. The molecule has 0 saturated carbocycles. The van der Waals surface area contributed by atoms with Crippen molar-refractivity contribution in [2.75, 3.05) is 19.7 Å². The minimum Gasteiger partial charge on any atom is -0.481 e. The van der Waals surface area contributed by atoms with E-state index < -0.39 is 59.3 Å². The number of carboxylic acids is 1. The monoisotopic (exact) mass is 727 g/mol. The molecule has 0 aliphatic carbocycles. The van der Waals surface area contributed by atoms with Crippen LogP contribution < -0.4 is 10.9 Å². The number of nitrogens with zero attached hydrogens (tertiary/aromatic N) is 2. The van der Waals surface area contributed by atoms with Gasteiger partial charge in [-0.25, -0.2) is 8.78 Å². The molecule has 1 amide bonds. The number of carbonyl (C=O) groups excluding carboxylic acids is 1. The van der Waals surface area contributed by atoms with Crippen LogP contribution in [0.5, 0.6) is 0 Å². The van der Waals surface area contributed by atoms with Gasteiger partial charge >= 0.3 is 12.1 Å². The first-order valence-electron chi connectivity index (χ1n) is 17.2. The number of halogens is 5. The number of benzene rings is 2. The van der Waals surface area contributed by atoms with E-state index in [4.69, 9.17) is 4.74 Å². The second kappa shape index (κ2) is 15.6. The van der Waals surface area contributed by atoms with Crippen LogP contribution in [0, 0.1) is 43.2 Å². The summed E-state index contributed by atoms with van der Waals surface area (Å²) in [6.45, 7) is 9.76. The average molecular weight is 728 g/mol. The number of amides is 1. The quantitative estimate of drug-likeness (QED) is 0.159. The third-order valence-electron chi connectivity index (χ3n) is 9.70. The summed E-state index contributed by atoms with van der Waals surface area (Å²) in [5.74, 6) is 1.48. The van der Waals surface area contributed by atoms with Gasteiger partial charge in [0.25, 0.3) is 5.56 Å². The summed E-state index contributed by atoms with van der Waals surface area (Å²) in [5.41, 5.74) is -0.552. The fourth-order valence-corrected chi connectivity index (χ4v) is 7.43. The van der Waals surface area contributed by atoms with Crippen molar-refractivity contribution in [2.24, 2.45) is 5.92 Å². The van der Waals surface area contributed by atoms with E-state index in [1.807, 2.05) is 0 Å². The number of nitrogens with one attached hydrogen (secondary N) is 1. The number of morpholine rings is 1. The third-order valence-corrected chi connectivity index (χ3v) is 9.70. The first kappa shape index (κ1) is 38.7. The lowest BCUT2D eigenvalue weighted by Gasteiger charge is -2.28. The first-order valence-corrected chi connectivity index (χ1v) is 17.2. The molecule has 2 bridgehead atoms. The molecule has 0 radical (unpaired) electrons. The molecular weight excluding hydrogens is 685 g/mol. The molecule has 2 aliphatic rings. The molecule has 278 valence electrons. The number of aliphatic carboxylic acids is 1. The van der Waals surface area contributed by atoms with Crippen molar-refractivity contribution in [2.45, 2.75) is 90.7 Å². The molecule has 1 aromatic heterocycles. The van der Waals surface area contributed by atoms with Crippen molar-refractivity contribution < 1.29 is 41.4 Å². The summed E-state index contributed by atoms with van der Waals surface area (Å²) in [4.78, 5) is 41.8. The summed E-state index contributed by atoms with van der Waals surface area (Å²) >= 11 is 0. The minimum atomic E-state index is -4.83. The van der Waals surface area contributed by atoms with Crippen molar-refractivity contribution in [1.82, 2.24) is 14.8 Å². The number of carboxylic acid groups (broad SMARTS) is 1. The van der Waals surface area contributed by atoms with Gasteiger partial charge in [0.2, 0.25) is 5.91 Å². The largest absolute Gasteiger partial charge is 0.481 e. The first-order chi connectivity index (χ1) is 24.5. The van der Waals surface area contributed by atoms with Crippen molar-refractivity contribution in [3.05, 3.63) is 91.9 Å². The Morgan fingerprint density at radius 3 is 2.35 bits per heavy atom. The molecule has 3 heterocycles. The number of rotatable bonds is 12. The van der Waals surface area contributed by atoms with Crippen LogP contribution in [-0.4, -0.2) is 58.3 Å². The Hall–Kier alpha value is -4.54. The highest BCUT2D eigenvalue weighted by Gasteiger charge is 2.40. The summed E-state index contributed by atoms with van der Waals surface area (Å²) < 4.78 is 79.6. The molecule has 52 heavy (non-hydrogen) atoms. The zero-order chi connectivity index (χ0) is 38.1. The SMILES string of the molecule is CC#Cc1cc(-c2c(C)cc(F)cc2C)cc([C@H](CC(=O)O)NC(=O)[C@H](CC(C)C)n2cc(CCN3C[C@@H]4C[C@H]3CO4)c(C(F)(F)F)cc2=O)c1F. The Balaban J connectivity index is 1.56. The Bertz CT molecular complexity index is 1960. The summed E-state index contributed by atoms with van der Waals surface area (Å²) in [6, 6.07) is 3.23. The molecule has 2 saturated heterocycles. The number of pyridine rings is 1. The maximum absolute atomic E-state index is 16.2. The van der Waals surface area contributed by atoms with Gasteiger partial charge in [0.1, 0.15) is 17.7 Å². The molecule has 5 rings (SSSR count). The molecular formula is C39H42F5N3O5. The van der Waals surface area contributed by atoms with Crippen LogP contribution in [0.2, 0.25) is 0 Å². The summed E-state index contributed by atoms with van der Waals surface area (Å²) in [7, 11) is 0. The van der Waals surface area contributed by atoms with Gasteiger partial charge in [0, 0.05) is 37.0 Å². The van der Waals surface area contributed by atoms with Crippen LogP contribution in [0.15, 0.2) is 41.3 Å². The number of fused-ring (bicyclic) bond motifs is 2. The highest BCUT2D eigenvalue weighted by Crippen LogP contribution is 2.36. The fraction of sp³-hybridized carbons (Fsp3) is 0.462. The van der Waals surface area contributed by atoms with E-state index in [-0.39, 0.29) is 47.6 Å². The lowest BCUT2D eigenvalue weighted by atomic mass is 9.90. The van der Waals surface area contributed by atoms with Gasteiger partial charge in [-0.05, 0) is 98.0 Å². The second-order valence-electron chi connectivity index (χ2n) is 14.1. The molecule has 13 heteroatoms. The Morgan fingerprint density at radius 1 is 1.10 bits per heavy atom. The number of hydrogen-bond acceptors (Lipinski definition) is 5. The summed E-state index contributed by atoms with van der Waals surface area (Å²) in [5, 5.41) is 12.5. The lowest BCUT2D eigenvalue weighted by Crippen LogP contribution is -2.41. The molecule has 2 fully saturated rings. The second-order valence-corrected chi connectivity index (χ2v) is 14.1. The molecule has 0 spiro atoms. The molecule has 2 N–H and O–H groups in total. The van der Waals surface area contributed by atoms with E-state index in [9.17, 15) is 37.1 Å². The predicted octanol–water partition coefficient (Wildman–Crippen LogP) is 6.74. The smallest absolute Gasteiger partial charge is 0.416 e. The van der Waals surface area contributed by atoms with Crippen molar-refractivity contribution in [3.63, 3.8) is 0 Å². The topological polar surface area (TPSA) is 101 Å². The van der Waals surface area contributed by atoms with Gasteiger partial charge in [-0.1, -0.05) is 19.8 Å². The standard InChI is InChI=1S/C39H42F5N3O5/c1-6-7-24-13-26(36-22(4)11-27(40)12-23(36)5)14-30(37(24)41)32(17-35(49)50)45-38(51)33(10-21(2)3)47-18-25(31(16-34(47)48)39(42,43)44)8-9-46-19-29-15-28(46)20-52-29/h11-14,16,18,21,28-29,32-33H,8-10,15,17,19-20H2,1-5H3,(H,45,51)(H,49,50)/t28-,29-,32-,33-/m0/s1. The van der Waals surface area contributed by atoms with Gasteiger partial charge in [-0.15, -0.1) is 5.92 Å². The van der Waals surface area contributed by atoms with Gasteiger partial charge in [0.05, 0.1) is 36.3 Å². The van der Waals surface area contributed by atoms with E-state index in [0.717, 1.165) is 17.2 Å². The molecule has 2 aromatic carbocycles. The molecule has 4 atom stereocenters. The van der Waals surface area contributed by atoms with Crippen LogP contribution in [0.4, 0.5) is 22.0 Å². The number of hydrogen-bond donors (Lipinski definition) is 2. The molecule has 3 aromatic rings. The van der Waals surface area contributed by atoms with Crippen LogP contribution in [0.1, 0.15) is 85.5 Å². The summed E-state index contributed by atoms with van der Waals surface area (Å²) in [6.07, 6.45) is -3.71. The van der Waals surface area contributed by atoms with Crippen LogP contribution in [-0.2, 0) is 26.9 Å². The van der Waals surface area contributed by atoms with Crippen LogP contribution in [0.3, 0.4) is 0 Å². The highest BCUT2D eigenvalue weighted by atomic mass is 19.4. The van der Waals surface area contributed by atoms with E-state index >= 15 is 4.39 Å². The number of ether oxygens (including phenoxy) is 1. The van der Waals surface area contributed by atoms with E-state index in [2.05, 4.69) is 22.1 Å². The zero-order valence-corrected chi connectivity index (χ0v) is 29.7. The average Bonchev–Trinajstić information content (AvgIpc) is 3.67. The highest BCUT2D eigenvalue weighted by molar-refractivity contribution is 5.82. The molecule has 2 aliphatic heterocycles. The van der Waals surface area contributed by atoms with E-state index in [1.54, 1.807) is 27.7 Å². The van der Waals surface area contributed by atoms with Crippen molar-refractivity contribution in [3.8, 4) is 23.0 Å². The fourth-order valence-electron chi connectivity index (χ4n) is 7.43. The maximum Gasteiger partial charge on any atom is 0.416 e. The van der Waals surface area contributed by atoms with E-state index in [0.29, 0.717) is 48.0 Å². The maximum atomic E-state index is 16.2. The van der Waals surface area contributed by atoms with Gasteiger partial charge in [-0.3, -0.25) is 19.3 Å². The normalized spacial score (nSPS) is 18.3. The van der Waals surface area contributed by atoms with Crippen LogP contribution >= 0.6 is 0 Å². The number of aromatic nitrogens is 1. The Kier molecular flexibility index (Phi) is 11.6. The van der Waals surface area contributed by atoms with Crippen molar-refractivity contribution in [1.29, 1.82) is 0 Å².